The van der Waals surface area contributed by atoms with Crippen molar-refractivity contribution in [2.75, 3.05) is 26.3 Å². The number of hydrogen-bond acceptors (Lipinski definition) is 2. The quantitative estimate of drug-likeness (QED) is 0.617. The fraction of sp³-hybridized carbons (Fsp3) is 1.00. The molecule has 0 radical (unpaired) electrons. The molecular weight excluding hydrogens is 162 g/mol. The van der Waals surface area contributed by atoms with E-state index in [2.05, 4.69) is 11.8 Å². The molecule has 13 heavy (non-hydrogen) atoms. The number of rotatable bonds is 1. The molecule has 0 N–H and O–H groups in total. The molecule has 2 heteroatoms. The number of piperidine rings is 1. The Morgan fingerprint density at radius 2 is 1.92 bits per heavy atom. The number of nitrogens with zero attached hydrogens (tertiary/aromatic N) is 1. The van der Waals surface area contributed by atoms with Crippen LogP contribution in [-0.2, 0) is 4.74 Å². The Hall–Kier alpha value is -0.0800. The first-order valence-corrected chi connectivity index (χ1v) is 5.70. The second-order valence-electron chi connectivity index (χ2n) is 4.37. The molecule has 0 aromatic heterocycles. The number of hydrogen-bond donors (Lipinski definition) is 0. The van der Waals surface area contributed by atoms with Gasteiger partial charge in [0.05, 0.1) is 0 Å². The molecule has 76 valence electrons. The van der Waals surface area contributed by atoms with E-state index >= 15 is 0 Å². The Morgan fingerprint density at radius 3 is 2.62 bits per heavy atom. The third-order valence-corrected chi connectivity index (χ3v) is 3.80. The predicted octanol–water partition coefficient (Wildman–Crippen LogP) is 2.04. The van der Waals surface area contributed by atoms with Gasteiger partial charge in [0.1, 0.15) is 0 Å². The van der Waals surface area contributed by atoms with Crippen LogP contribution in [0.4, 0.5) is 0 Å². The van der Waals surface area contributed by atoms with E-state index in [1.807, 2.05) is 0 Å². The normalized spacial score (nSPS) is 29.3. The van der Waals surface area contributed by atoms with Gasteiger partial charge in [0.15, 0.2) is 0 Å². The van der Waals surface area contributed by atoms with E-state index in [9.17, 15) is 0 Å². The molecule has 2 saturated heterocycles. The third kappa shape index (κ3) is 1.75. The monoisotopic (exact) mass is 183 g/mol. The molecule has 0 unspecified atom stereocenters. The van der Waals surface area contributed by atoms with Crippen molar-refractivity contribution in [3.8, 4) is 0 Å². The smallest absolute Gasteiger partial charge is 0.0483 e. The fourth-order valence-corrected chi connectivity index (χ4v) is 2.96. The Labute approximate surface area is 81.3 Å². The van der Waals surface area contributed by atoms with Crippen LogP contribution in [0.1, 0.15) is 39.0 Å². The second-order valence-corrected chi connectivity index (χ2v) is 4.37. The van der Waals surface area contributed by atoms with Crippen molar-refractivity contribution in [3.05, 3.63) is 0 Å². The molecule has 2 rings (SSSR count). The maximum atomic E-state index is 5.46. The van der Waals surface area contributed by atoms with Gasteiger partial charge in [-0.3, -0.25) is 4.90 Å². The Kier molecular flexibility index (Phi) is 2.89. The van der Waals surface area contributed by atoms with Crippen molar-refractivity contribution in [1.82, 2.24) is 4.90 Å². The minimum atomic E-state index is 0.533. The van der Waals surface area contributed by atoms with Crippen LogP contribution in [0.3, 0.4) is 0 Å². The van der Waals surface area contributed by atoms with Crippen LogP contribution >= 0.6 is 0 Å². The van der Waals surface area contributed by atoms with Crippen molar-refractivity contribution >= 4 is 0 Å². The number of likely N-dealkylation sites (tertiary alicyclic amines) is 1. The van der Waals surface area contributed by atoms with E-state index in [-0.39, 0.29) is 0 Å². The van der Waals surface area contributed by atoms with Crippen LogP contribution in [0.5, 0.6) is 0 Å². The predicted molar refractivity (Wildman–Crippen MR) is 53.9 cm³/mol. The van der Waals surface area contributed by atoms with Crippen molar-refractivity contribution in [1.29, 1.82) is 0 Å². The van der Waals surface area contributed by atoms with Crippen molar-refractivity contribution < 1.29 is 4.74 Å². The minimum absolute atomic E-state index is 0.533. The highest BCUT2D eigenvalue weighted by atomic mass is 16.5. The van der Waals surface area contributed by atoms with Gasteiger partial charge in [0.25, 0.3) is 0 Å². The summed E-state index contributed by atoms with van der Waals surface area (Å²) in [4.78, 5) is 2.69. The molecule has 0 bridgehead atoms. The van der Waals surface area contributed by atoms with Gasteiger partial charge in [-0.2, -0.15) is 0 Å². The average Bonchev–Trinajstić information content (AvgIpc) is 2.20. The Bertz CT molecular complexity index is 155. The zero-order valence-electron chi connectivity index (χ0n) is 8.72. The van der Waals surface area contributed by atoms with Gasteiger partial charge >= 0.3 is 0 Å². The first-order valence-electron chi connectivity index (χ1n) is 5.70. The molecule has 2 nitrogen and oxygen atoms in total. The van der Waals surface area contributed by atoms with Crippen LogP contribution in [0.25, 0.3) is 0 Å². The van der Waals surface area contributed by atoms with Crippen LogP contribution in [0.2, 0.25) is 0 Å². The van der Waals surface area contributed by atoms with E-state index in [1.165, 1.54) is 45.2 Å². The van der Waals surface area contributed by atoms with Crippen LogP contribution in [-0.4, -0.2) is 36.7 Å². The van der Waals surface area contributed by atoms with Gasteiger partial charge in [-0.15, -0.1) is 0 Å². The molecule has 2 aliphatic heterocycles. The molecule has 2 aliphatic rings. The molecule has 2 fully saturated rings. The first-order chi connectivity index (χ1) is 6.37. The summed E-state index contributed by atoms with van der Waals surface area (Å²) in [7, 11) is 0. The van der Waals surface area contributed by atoms with Gasteiger partial charge in [0, 0.05) is 18.8 Å². The Balaban J connectivity index is 2.06. The van der Waals surface area contributed by atoms with Gasteiger partial charge in [-0.25, -0.2) is 0 Å². The lowest BCUT2D eigenvalue weighted by Crippen LogP contribution is -2.54. The summed E-state index contributed by atoms with van der Waals surface area (Å²) in [6.45, 7) is 6.80. The van der Waals surface area contributed by atoms with Crippen molar-refractivity contribution in [2.45, 2.75) is 44.6 Å². The van der Waals surface area contributed by atoms with E-state index < -0.39 is 0 Å². The summed E-state index contributed by atoms with van der Waals surface area (Å²) in [5, 5.41) is 0. The summed E-state index contributed by atoms with van der Waals surface area (Å²) in [6.07, 6.45) is 6.76. The zero-order chi connectivity index (χ0) is 9.15. The summed E-state index contributed by atoms with van der Waals surface area (Å²) < 4.78 is 5.46. The van der Waals surface area contributed by atoms with Crippen LogP contribution < -0.4 is 0 Å². The van der Waals surface area contributed by atoms with Crippen molar-refractivity contribution in [2.24, 2.45) is 0 Å². The van der Waals surface area contributed by atoms with Gasteiger partial charge in [-0.05, 0) is 38.8 Å². The average molecular weight is 183 g/mol. The van der Waals surface area contributed by atoms with E-state index in [4.69, 9.17) is 4.74 Å². The van der Waals surface area contributed by atoms with Gasteiger partial charge in [-0.1, -0.05) is 13.3 Å². The molecule has 0 amide bonds. The lowest BCUT2D eigenvalue weighted by molar-refractivity contribution is -0.0463. The topological polar surface area (TPSA) is 12.5 Å². The standard InChI is InChI=1S/C11H21NO/c1-2-12-8-4-3-5-11(12)6-9-13-10-7-11/h2-10H2,1H3. The summed E-state index contributed by atoms with van der Waals surface area (Å²) >= 11 is 0. The first kappa shape index (κ1) is 9.47. The third-order valence-electron chi connectivity index (χ3n) is 3.80. The lowest BCUT2D eigenvalue weighted by Gasteiger charge is -2.49. The fourth-order valence-electron chi connectivity index (χ4n) is 2.96. The SMILES string of the molecule is CCN1CCCCC12CCOCC2. The molecule has 0 atom stereocenters. The summed E-state index contributed by atoms with van der Waals surface area (Å²) in [5.74, 6) is 0. The van der Waals surface area contributed by atoms with Crippen LogP contribution in [0, 0.1) is 0 Å². The number of ether oxygens (including phenoxy) is 1. The van der Waals surface area contributed by atoms with Crippen molar-refractivity contribution in [3.63, 3.8) is 0 Å². The molecular formula is C11H21NO. The van der Waals surface area contributed by atoms with E-state index in [0.717, 1.165) is 13.2 Å². The van der Waals surface area contributed by atoms with E-state index in [1.54, 1.807) is 0 Å². The Morgan fingerprint density at radius 1 is 1.15 bits per heavy atom. The molecule has 0 aliphatic carbocycles. The zero-order valence-corrected chi connectivity index (χ0v) is 8.72. The summed E-state index contributed by atoms with van der Waals surface area (Å²) in [6, 6.07) is 0. The summed E-state index contributed by atoms with van der Waals surface area (Å²) in [5.41, 5.74) is 0.533. The molecule has 0 aromatic carbocycles. The second kappa shape index (κ2) is 3.97. The van der Waals surface area contributed by atoms with E-state index in [0.29, 0.717) is 5.54 Å². The molecule has 0 saturated carbocycles. The highest BCUT2D eigenvalue weighted by molar-refractivity contribution is 4.94. The molecule has 1 spiro atoms. The van der Waals surface area contributed by atoms with Crippen LogP contribution in [0.15, 0.2) is 0 Å². The van der Waals surface area contributed by atoms with Gasteiger partial charge < -0.3 is 4.74 Å². The minimum Gasteiger partial charge on any atom is -0.381 e. The van der Waals surface area contributed by atoms with Gasteiger partial charge in [0.2, 0.25) is 0 Å². The maximum absolute atomic E-state index is 5.46. The highest BCUT2D eigenvalue weighted by Crippen LogP contribution is 2.36. The molecule has 2 heterocycles. The highest BCUT2D eigenvalue weighted by Gasteiger charge is 2.38. The molecule has 0 aromatic rings. The largest absolute Gasteiger partial charge is 0.381 e. The maximum Gasteiger partial charge on any atom is 0.0483 e. The lowest BCUT2D eigenvalue weighted by atomic mass is 9.80.